The molecule has 0 aliphatic carbocycles. The minimum absolute atomic E-state index is 0.0356. The zero-order chi connectivity index (χ0) is 22.7. The van der Waals surface area contributed by atoms with E-state index in [0.717, 1.165) is 37.4 Å². The molecule has 1 unspecified atom stereocenters. The lowest BCUT2D eigenvalue weighted by Crippen LogP contribution is -2.15. The minimum atomic E-state index is -4.70. The number of rotatable bonds is 6. The van der Waals surface area contributed by atoms with Crippen LogP contribution in [0.5, 0.6) is 0 Å². The van der Waals surface area contributed by atoms with Gasteiger partial charge in [-0.05, 0) is 60.0 Å². The number of carbonyl (C=O) groups excluding carboxylic acids is 1. The lowest BCUT2D eigenvalue weighted by molar-refractivity contribution is -0.142. The highest BCUT2D eigenvalue weighted by atomic mass is 19.4. The fourth-order valence-corrected chi connectivity index (χ4v) is 2.99. The van der Waals surface area contributed by atoms with Crippen molar-refractivity contribution in [1.29, 1.82) is 0 Å². The van der Waals surface area contributed by atoms with Gasteiger partial charge in [0.15, 0.2) is 0 Å². The molecule has 0 bridgehead atoms. The van der Waals surface area contributed by atoms with E-state index < -0.39 is 35.4 Å². The van der Waals surface area contributed by atoms with Gasteiger partial charge in [-0.25, -0.2) is 0 Å². The molecule has 1 N–H and O–H groups in total. The molecule has 0 radical (unpaired) electrons. The van der Waals surface area contributed by atoms with Crippen molar-refractivity contribution in [3.05, 3.63) is 58.7 Å². The Balaban J connectivity index is 2.70. The minimum Gasteiger partial charge on any atom is -0.469 e. The summed E-state index contributed by atoms with van der Waals surface area (Å²) >= 11 is 0. The zero-order valence-corrected chi connectivity index (χ0v) is 16.5. The van der Waals surface area contributed by atoms with Crippen molar-refractivity contribution < 1.29 is 35.9 Å². The highest BCUT2D eigenvalue weighted by Gasteiger charge is 2.34. The highest BCUT2D eigenvalue weighted by molar-refractivity contribution is 5.79. The molecule has 2 aromatic rings. The number of hydrogen-bond donors (Lipinski definition) is 1. The Morgan fingerprint density at radius 3 is 2.17 bits per heavy atom. The van der Waals surface area contributed by atoms with Gasteiger partial charge in [0.25, 0.3) is 0 Å². The zero-order valence-electron chi connectivity index (χ0n) is 16.5. The Morgan fingerprint density at radius 1 is 1.00 bits per heavy atom. The summed E-state index contributed by atoms with van der Waals surface area (Å²) in [5.74, 6) is -1.71. The molecule has 1 atom stereocenters. The first kappa shape index (κ1) is 23.7. The number of ether oxygens (including phenoxy) is 1. The van der Waals surface area contributed by atoms with Gasteiger partial charge in [-0.1, -0.05) is 19.1 Å². The molecule has 30 heavy (non-hydrogen) atoms. The van der Waals surface area contributed by atoms with Gasteiger partial charge in [-0.15, -0.1) is 0 Å². The molecule has 0 fully saturated rings. The van der Waals surface area contributed by atoms with Crippen LogP contribution in [0, 0.1) is 0 Å². The third kappa shape index (κ3) is 5.53. The van der Waals surface area contributed by atoms with E-state index in [9.17, 15) is 31.1 Å². The Morgan fingerprint density at radius 2 is 1.63 bits per heavy atom. The average molecular weight is 433 g/mol. The number of esters is 1. The van der Waals surface area contributed by atoms with Crippen LogP contribution in [-0.4, -0.2) is 19.6 Å². The average Bonchev–Trinajstić information content (AvgIpc) is 2.69. The first-order valence-electron chi connectivity index (χ1n) is 9.09. The van der Waals surface area contributed by atoms with Crippen molar-refractivity contribution in [2.24, 2.45) is 0 Å². The molecule has 0 amide bonds. The maximum absolute atomic E-state index is 13.5. The van der Waals surface area contributed by atoms with E-state index in [4.69, 9.17) is 0 Å². The molecule has 3 nitrogen and oxygen atoms in total. The summed E-state index contributed by atoms with van der Waals surface area (Å²) in [6.07, 6.45) is -9.29. The number of alkyl halides is 6. The van der Waals surface area contributed by atoms with Gasteiger partial charge >= 0.3 is 18.3 Å². The lowest BCUT2D eigenvalue weighted by Gasteiger charge is -2.18. The van der Waals surface area contributed by atoms with Gasteiger partial charge in [-0.2, -0.15) is 26.3 Å². The lowest BCUT2D eigenvalue weighted by atomic mass is 9.90. The fraction of sp³-hybridized carbons (Fsp3) is 0.381. The summed E-state index contributed by atoms with van der Waals surface area (Å²) in [6, 6.07) is 5.98. The van der Waals surface area contributed by atoms with Crippen molar-refractivity contribution >= 4 is 5.97 Å². The second-order valence-corrected chi connectivity index (χ2v) is 6.74. The van der Waals surface area contributed by atoms with Crippen molar-refractivity contribution in [3.63, 3.8) is 0 Å². The largest absolute Gasteiger partial charge is 0.469 e. The standard InChI is InChI=1S/C21H21F6NO2/c1-4-28-11-15-10-16(20(22,23)24)5-6-18(15)14-7-13(12(2)19(29)30-3)8-17(9-14)21(25,26)27/h5-10,12,28H,4,11H2,1-3H3. The Labute approximate surface area is 170 Å². The van der Waals surface area contributed by atoms with Crippen LogP contribution in [0.4, 0.5) is 26.3 Å². The predicted molar refractivity (Wildman–Crippen MR) is 99.7 cm³/mol. The van der Waals surface area contributed by atoms with Crippen LogP contribution in [0.25, 0.3) is 11.1 Å². The van der Waals surface area contributed by atoms with E-state index in [2.05, 4.69) is 10.1 Å². The van der Waals surface area contributed by atoms with Crippen molar-refractivity contribution in [1.82, 2.24) is 5.32 Å². The van der Waals surface area contributed by atoms with Crippen molar-refractivity contribution in [2.45, 2.75) is 38.7 Å². The van der Waals surface area contributed by atoms with Gasteiger partial charge in [0.1, 0.15) is 0 Å². The topological polar surface area (TPSA) is 38.3 Å². The van der Waals surface area contributed by atoms with E-state index in [1.807, 2.05) is 0 Å². The molecule has 2 aromatic carbocycles. The molecule has 0 aromatic heterocycles. The maximum atomic E-state index is 13.5. The number of halogens is 6. The summed E-state index contributed by atoms with van der Waals surface area (Å²) in [5, 5.41) is 2.90. The normalized spacial score (nSPS) is 13.2. The number of hydrogen-bond acceptors (Lipinski definition) is 3. The molecule has 0 saturated heterocycles. The second kappa shape index (κ2) is 9.07. The van der Waals surface area contributed by atoms with Gasteiger partial charge < -0.3 is 10.1 Å². The van der Waals surface area contributed by atoms with Crippen LogP contribution in [0.15, 0.2) is 36.4 Å². The van der Waals surface area contributed by atoms with E-state index in [1.54, 1.807) is 6.92 Å². The van der Waals surface area contributed by atoms with Crippen LogP contribution in [-0.2, 0) is 28.4 Å². The summed E-state index contributed by atoms with van der Waals surface area (Å²) in [7, 11) is 1.12. The van der Waals surface area contributed by atoms with Crippen molar-refractivity contribution in [3.8, 4) is 11.1 Å². The molecule has 0 saturated carbocycles. The third-order valence-electron chi connectivity index (χ3n) is 4.65. The highest BCUT2D eigenvalue weighted by Crippen LogP contribution is 2.38. The molecule has 2 rings (SSSR count). The summed E-state index contributed by atoms with van der Waals surface area (Å²) in [5.41, 5.74) is -1.36. The molecule has 9 heteroatoms. The molecular formula is C21H21F6NO2. The molecule has 164 valence electrons. The third-order valence-corrected chi connectivity index (χ3v) is 4.65. The monoisotopic (exact) mass is 433 g/mol. The van der Waals surface area contributed by atoms with Crippen LogP contribution in [0.2, 0.25) is 0 Å². The number of carbonyl (C=O) groups is 1. The summed E-state index contributed by atoms with van der Waals surface area (Å²) < 4.78 is 84.3. The van der Waals surface area contributed by atoms with Crippen LogP contribution < -0.4 is 5.32 Å². The maximum Gasteiger partial charge on any atom is 0.416 e. The Hall–Kier alpha value is -2.55. The smallest absolute Gasteiger partial charge is 0.416 e. The van der Waals surface area contributed by atoms with E-state index in [0.29, 0.717) is 6.54 Å². The Bertz CT molecular complexity index is 905. The predicted octanol–water partition coefficient (Wildman–Crippen LogP) is 5.78. The van der Waals surface area contributed by atoms with Crippen LogP contribution >= 0.6 is 0 Å². The van der Waals surface area contributed by atoms with E-state index in [1.165, 1.54) is 13.0 Å². The fourth-order valence-electron chi connectivity index (χ4n) is 2.99. The van der Waals surface area contributed by atoms with Gasteiger partial charge in [0, 0.05) is 6.54 Å². The molecule has 0 aliphatic heterocycles. The summed E-state index contributed by atoms with van der Waals surface area (Å²) in [6.45, 7) is 3.65. The quantitative estimate of drug-likeness (QED) is 0.464. The molecular weight excluding hydrogens is 412 g/mol. The second-order valence-electron chi connectivity index (χ2n) is 6.74. The van der Waals surface area contributed by atoms with E-state index >= 15 is 0 Å². The van der Waals surface area contributed by atoms with Gasteiger partial charge in [-0.3, -0.25) is 4.79 Å². The molecule has 0 spiro atoms. The van der Waals surface area contributed by atoms with E-state index in [-0.39, 0.29) is 28.8 Å². The number of benzene rings is 2. The SMILES string of the molecule is CCNCc1cc(C(F)(F)F)ccc1-c1cc(C(C)C(=O)OC)cc(C(F)(F)F)c1. The number of methoxy groups -OCH3 is 1. The number of nitrogens with one attached hydrogen (secondary N) is 1. The van der Waals surface area contributed by atoms with Gasteiger partial charge in [0.2, 0.25) is 0 Å². The Kier molecular flexibility index (Phi) is 7.18. The first-order valence-corrected chi connectivity index (χ1v) is 9.09. The van der Waals surface area contributed by atoms with Gasteiger partial charge in [0.05, 0.1) is 24.2 Å². The summed E-state index contributed by atoms with van der Waals surface area (Å²) in [4.78, 5) is 11.8. The van der Waals surface area contributed by atoms with Crippen LogP contribution in [0.3, 0.4) is 0 Å². The van der Waals surface area contributed by atoms with Crippen LogP contribution in [0.1, 0.15) is 42.0 Å². The first-order chi connectivity index (χ1) is 13.9. The molecule has 0 aliphatic rings. The molecule has 0 heterocycles. The van der Waals surface area contributed by atoms with Crippen molar-refractivity contribution in [2.75, 3.05) is 13.7 Å².